The second kappa shape index (κ2) is 4.04. The SMILES string of the molecule is [N-]=[N+]=NC[C@@H]1O[C@H](n2cnc3c(N)ncnc32)[C@H]2O[C@H]21. The fourth-order valence-corrected chi connectivity index (χ4v) is 2.54. The van der Waals surface area contributed by atoms with E-state index in [0.717, 1.165) is 0 Å². The van der Waals surface area contributed by atoms with E-state index in [1.165, 1.54) is 6.33 Å². The second-order valence-corrected chi connectivity index (χ2v) is 4.63. The number of imidazole rings is 1. The van der Waals surface area contributed by atoms with Gasteiger partial charge < -0.3 is 15.2 Å². The Morgan fingerprint density at radius 1 is 1.35 bits per heavy atom. The molecule has 2 aromatic rings. The van der Waals surface area contributed by atoms with Crippen LogP contribution in [0.2, 0.25) is 0 Å². The molecule has 4 rings (SSSR count). The van der Waals surface area contributed by atoms with Gasteiger partial charge in [0.1, 0.15) is 24.1 Å². The molecule has 2 N–H and O–H groups in total. The van der Waals surface area contributed by atoms with Crippen molar-refractivity contribution in [1.29, 1.82) is 0 Å². The molecule has 2 saturated heterocycles. The molecule has 10 nitrogen and oxygen atoms in total. The molecular formula is C10H10N8O2. The highest BCUT2D eigenvalue weighted by Crippen LogP contribution is 2.45. The molecule has 0 aliphatic carbocycles. The first kappa shape index (κ1) is 11.4. The molecule has 0 saturated carbocycles. The van der Waals surface area contributed by atoms with E-state index in [2.05, 4.69) is 25.0 Å². The largest absolute Gasteiger partial charge is 0.382 e. The van der Waals surface area contributed by atoms with Gasteiger partial charge in [-0.05, 0) is 5.53 Å². The number of rotatable bonds is 3. The summed E-state index contributed by atoms with van der Waals surface area (Å²) in [5.41, 5.74) is 15.2. The van der Waals surface area contributed by atoms with Crippen LogP contribution >= 0.6 is 0 Å². The van der Waals surface area contributed by atoms with Crippen LogP contribution in [0, 0.1) is 0 Å². The maximum atomic E-state index is 8.36. The van der Waals surface area contributed by atoms with Gasteiger partial charge in [-0.2, -0.15) is 0 Å². The summed E-state index contributed by atoms with van der Waals surface area (Å²) in [6, 6.07) is 0. The average molecular weight is 274 g/mol. The smallest absolute Gasteiger partial charge is 0.167 e. The Labute approximate surface area is 112 Å². The molecule has 2 aliphatic rings. The summed E-state index contributed by atoms with van der Waals surface area (Å²) >= 11 is 0. The molecule has 0 spiro atoms. The van der Waals surface area contributed by atoms with Crippen LogP contribution in [0.5, 0.6) is 0 Å². The van der Waals surface area contributed by atoms with Gasteiger partial charge in [-0.25, -0.2) is 15.0 Å². The number of epoxide rings is 1. The van der Waals surface area contributed by atoms with Crippen LogP contribution in [0.15, 0.2) is 17.8 Å². The summed E-state index contributed by atoms with van der Waals surface area (Å²) in [6.07, 6.45) is 2.31. The molecule has 2 aromatic heterocycles. The molecule has 2 fully saturated rings. The molecule has 0 unspecified atom stereocenters. The van der Waals surface area contributed by atoms with E-state index < -0.39 is 0 Å². The van der Waals surface area contributed by atoms with Crippen LogP contribution in [0.1, 0.15) is 6.23 Å². The lowest BCUT2D eigenvalue weighted by Gasteiger charge is -2.17. The van der Waals surface area contributed by atoms with Gasteiger partial charge in [0.15, 0.2) is 17.7 Å². The van der Waals surface area contributed by atoms with Crippen molar-refractivity contribution in [1.82, 2.24) is 19.5 Å². The Kier molecular flexibility index (Phi) is 2.30. The quantitative estimate of drug-likeness (QED) is 0.371. The third kappa shape index (κ3) is 1.53. The monoisotopic (exact) mass is 274 g/mol. The number of nitrogen functional groups attached to an aromatic ring is 1. The lowest BCUT2D eigenvalue weighted by Crippen LogP contribution is -2.21. The predicted molar refractivity (Wildman–Crippen MR) is 66.3 cm³/mol. The first-order chi connectivity index (χ1) is 9.79. The maximum absolute atomic E-state index is 8.36. The Morgan fingerprint density at radius 3 is 3.10 bits per heavy atom. The highest BCUT2D eigenvalue weighted by atomic mass is 16.7. The van der Waals surface area contributed by atoms with Gasteiger partial charge in [-0.3, -0.25) is 4.57 Å². The minimum atomic E-state index is -0.335. The molecule has 4 heterocycles. The van der Waals surface area contributed by atoms with Crippen LogP contribution in [-0.2, 0) is 9.47 Å². The normalized spacial score (nSPS) is 31.0. The molecule has 0 amide bonds. The van der Waals surface area contributed by atoms with Crippen molar-refractivity contribution in [2.75, 3.05) is 12.3 Å². The summed E-state index contributed by atoms with van der Waals surface area (Å²) in [7, 11) is 0. The summed E-state index contributed by atoms with van der Waals surface area (Å²) < 4.78 is 13.2. The number of nitrogens with zero attached hydrogens (tertiary/aromatic N) is 7. The topological polar surface area (TPSA) is 140 Å². The zero-order valence-corrected chi connectivity index (χ0v) is 10.2. The standard InChI is InChI=1S/C10H10N8O2/c11-8-5-9(14-2-13-8)18(3-15-5)10-7-6(20-7)4(19-10)1-16-17-12/h2-4,6-7,10H,1H2,(H2,11,13,14)/t4-,6-,7-,10-/m0/s1. The van der Waals surface area contributed by atoms with Crippen molar-refractivity contribution in [2.45, 2.75) is 24.5 Å². The molecule has 102 valence electrons. The van der Waals surface area contributed by atoms with E-state index in [0.29, 0.717) is 17.0 Å². The van der Waals surface area contributed by atoms with Crippen LogP contribution in [-0.4, -0.2) is 44.4 Å². The first-order valence-corrected chi connectivity index (χ1v) is 6.04. The second-order valence-electron chi connectivity index (χ2n) is 4.63. The van der Waals surface area contributed by atoms with Crippen molar-refractivity contribution in [3.63, 3.8) is 0 Å². The van der Waals surface area contributed by atoms with Crippen LogP contribution in [0.25, 0.3) is 21.6 Å². The highest BCUT2D eigenvalue weighted by Gasteiger charge is 2.58. The molecule has 10 heteroatoms. The van der Waals surface area contributed by atoms with Gasteiger partial charge in [-0.1, -0.05) is 5.11 Å². The number of hydrogen-bond acceptors (Lipinski definition) is 7. The van der Waals surface area contributed by atoms with Crippen molar-refractivity contribution in [3.8, 4) is 0 Å². The first-order valence-electron chi connectivity index (χ1n) is 6.04. The summed E-state index contributed by atoms with van der Waals surface area (Å²) in [6.45, 7) is 0.248. The molecule has 20 heavy (non-hydrogen) atoms. The highest BCUT2D eigenvalue weighted by molar-refractivity contribution is 5.81. The number of hydrogen-bond donors (Lipinski definition) is 1. The molecule has 2 aliphatic heterocycles. The summed E-state index contributed by atoms with van der Waals surface area (Å²) in [5.74, 6) is 0.325. The third-order valence-corrected chi connectivity index (χ3v) is 3.51. The van der Waals surface area contributed by atoms with E-state index in [9.17, 15) is 0 Å². The lowest BCUT2D eigenvalue weighted by molar-refractivity contribution is -0.0605. The molecule has 0 bridgehead atoms. The van der Waals surface area contributed by atoms with E-state index in [-0.39, 0.29) is 31.1 Å². The van der Waals surface area contributed by atoms with Crippen LogP contribution < -0.4 is 5.73 Å². The molecule has 4 atom stereocenters. The Morgan fingerprint density at radius 2 is 2.25 bits per heavy atom. The Balaban J connectivity index is 1.68. The molecular weight excluding hydrogens is 264 g/mol. The van der Waals surface area contributed by atoms with Crippen molar-refractivity contribution < 1.29 is 9.47 Å². The van der Waals surface area contributed by atoms with Gasteiger partial charge >= 0.3 is 0 Å². The van der Waals surface area contributed by atoms with E-state index >= 15 is 0 Å². The van der Waals surface area contributed by atoms with Gasteiger partial charge in [0.2, 0.25) is 0 Å². The fourth-order valence-electron chi connectivity index (χ4n) is 2.54. The predicted octanol–water partition coefficient (Wildman–Crippen LogP) is 0.384. The minimum Gasteiger partial charge on any atom is -0.382 e. The van der Waals surface area contributed by atoms with E-state index in [1.54, 1.807) is 10.9 Å². The van der Waals surface area contributed by atoms with Crippen LogP contribution in [0.4, 0.5) is 5.82 Å². The van der Waals surface area contributed by atoms with Crippen molar-refractivity contribution in [3.05, 3.63) is 23.1 Å². The van der Waals surface area contributed by atoms with Gasteiger partial charge in [0.25, 0.3) is 0 Å². The number of anilines is 1. The summed E-state index contributed by atoms with van der Waals surface area (Å²) in [4.78, 5) is 15.0. The number of fused-ring (bicyclic) bond motifs is 2. The van der Waals surface area contributed by atoms with Crippen molar-refractivity contribution in [2.24, 2.45) is 5.11 Å². The molecule has 0 aromatic carbocycles. The van der Waals surface area contributed by atoms with E-state index in [1.807, 2.05) is 0 Å². The van der Waals surface area contributed by atoms with Gasteiger partial charge in [0, 0.05) is 4.91 Å². The number of azide groups is 1. The number of ether oxygens (including phenoxy) is 2. The molecule has 0 radical (unpaired) electrons. The summed E-state index contributed by atoms with van der Waals surface area (Å²) in [5, 5.41) is 3.53. The van der Waals surface area contributed by atoms with Gasteiger partial charge in [0.05, 0.1) is 19.0 Å². The number of nitrogens with two attached hydrogens (primary N) is 1. The average Bonchev–Trinajstić information content (AvgIpc) is 2.99. The van der Waals surface area contributed by atoms with Crippen LogP contribution in [0.3, 0.4) is 0 Å². The van der Waals surface area contributed by atoms with E-state index in [4.69, 9.17) is 20.7 Å². The Bertz CT molecular complexity index is 723. The Hall–Kier alpha value is -2.42. The van der Waals surface area contributed by atoms with Crippen molar-refractivity contribution >= 4 is 17.0 Å². The minimum absolute atomic E-state index is 0.0397. The third-order valence-electron chi connectivity index (χ3n) is 3.51. The maximum Gasteiger partial charge on any atom is 0.167 e. The number of aromatic nitrogens is 4. The van der Waals surface area contributed by atoms with Gasteiger partial charge in [-0.15, -0.1) is 0 Å². The zero-order valence-electron chi connectivity index (χ0n) is 10.2. The lowest BCUT2D eigenvalue weighted by atomic mass is 10.2. The zero-order chi connectivity index (χ0) is 13.7. The fraction of sp³-hybridized carbons (Fsp3) is 0.500.